The van der Waals surface area contributed by atoms with Crippen molar-refractivity contribution < 1.29 is 30.9 Å². The van der Waals surface area contributed by atoms with E-state index in [0.717, 1.165) is 18.8 Å². The summed E-state index contributed by atoms with van der Waals surface area (Å²) >= 11 is 2.38. The number of alkyl halides is 3. The van der Waals surface area contributed by atoms with Gasteiger partial charge in [-0.15, -0.1) is 0 Å². The lowest BCUT2D eigenvalue weighted by molar-refractivity contribution is -0.0510. The summed E-state index contributed by atoms with van der Waals surface area (Å²) in [5.41, 5.74) is -3.00. The van der Waals surface area contributed by atoms with Crippen LogP contribution in [0.5, 0.6) is 5.75 Å². The third-order valence-corrected chi connectivity index (χ3v) is 5.62. The molecule has 0 heterocycles. The van der Waals surface area contributed by atoms with E-state index in [0.29, 0.717) is 0 Å². The molecule has 168 valence electrons. The van der Waals surface area contributed by atoms with Crippen LogP contribution in [0.25, 0.3) is 11.1 Å². The Morgan fingerprint density at radius 2 is 1.47 bits per heavy atom. The van der Waals surface area contributed by atoms with Gasteiger partial charge in [-0.1, -0.05) is 69.4 Å². The maximum absolute atomic E-state index is 10.7. The Morgan fingerprint density at radius 1 is 0.933 bits per heavy atom. The van der Waals surface area contributed by atoms with Crippen LogP contribution in [0, 0.1) is 3.57 Å². The van der Waals surface area contributed by atoms with Gasteiger partial charge in [-0.05, 0) is 58.3 Å². The number of hydrogen-bond donors (Lipinski definition) is 1. The maximum atomic E-state index is 10.7. The van der Waals surface area contributed by atoms with Gasteiger partial charge in [-0.2, -0.15) is 21.6 Å². The standard InChI is InChI=1S/C20H25IO.CHF3O3S/c1-2-3-4-5-6-9-16-22-18-14-12-17(13-15-18)19-10-7-8-11-20(19)21;2-1(3,4)8(5,6)7/h7-8,10-15H,2-6,9,16H2,1H3;(H,5,6,7). The summed E-state index contributed by atoms with van der Waals surface area (Å²) in [6, 6.07) is 16.9. The summed E-state index contributed by atoms with van der Waals surface area (Å²) in [5.74, 6) is 0.975. The Balaban J connectivity index is 0.000000479. The van der Waals surface area contributed by atoms with Crippen molar-refractivity contribution >= 4 is 32.7 Å². The predicted molar refractivity (Wildman–Crippen MR) is 121 cm³/mol. The highest BCUT2D eigenvalue weighted by Gasteiger charge is 2.44. The van der Waals surface area contributed by atoms with Gasteiger partial charge in [0.05, 0.1) is 6.61 Å². The van der Waals surface area contributed by atoms with Crippen LogP contribution in [0.15, 0.2) is 48.5 Å². The van der Waals surface area contributed by atoms with Crippen molar-refractivity contribution in [3.63, 3.8) is 0 Å². The zero-order valence-electron chi connectivity index (χ0n) is 16.7. The number of unbranched alkanes of at least 4 members (excludes halogenated alkanes) is 5. The molecule has 0 aliphatic carbocycles. The van der Waals surface area contributed by atoms with Crippen LogP contribution in [-0.2, 0) is 10.1 Å². The SMILES string of the molecule is CCCCCCCCOc1ccc(-c2ccccc2I)cc1.O=S(=O)(O)C(F)(F)F. The van der Waals surface area contributed by atoms with Crippen molar-refractivity contribution in [1.29, 1.82) is 0 Å². The number of hydrogen-bond acceptors (Lipinski definition) is 3. The van der Waals surface area contributed by atoms with Gasteiger partial charge in [0.2, 0.25) is 0 Å². The number of halogens is 4. The molecule has 0 radical (unpaired) electrons. The van der Waals surface area contributed by atoms with Crippen LogP contribution in [-0.4, -0.2) is 25.1 Å². The second-order valence-electron chi connectivity index (χ2n) is 6.54. The maximum Gasteiger partial charge on any atom is 0.522 e. The fourth-order valence-corrected chi connectivity index (χ4v) is 3.20. The van der Waals surface area contributed by atoms with E-state index in [2.05, 4.69) is 78.0 Å². The van der Waals surface area contributed by atoms with Gasteiger partial charge in [0.25, 0.3) is 0 Å². The molecule has 0 amide bonds. The third kappa shape index (κ3) is 10.1. The van der Waals surface area contributed by atoms with Crippen molar-refractivity contribution in [3.8, 4) is 16.9 Å². The first kappa shape index (κ1) is 26.7. The van der Waals surface area contributed by atoms with Crippen LogP contribution in [0.4, 0.5) is 13.2 Å². The van der Waals surface area contributed by atoms with E-state index < -0.39 is 15.6 Å². The fourth-order valence-electron chi connectivity index (χ4n) is 2.50. The Hall–Kier alpha value is -1.33. The first-order valence-corrected chi connectivity index (χ1v) is 12.1. The van der Waals surface area contributed by atoms with Crippen molar-refractivity contribution in [1.82, 2.24) is 0 Å². The van der Waals surface area contributed by atoms with E-state index in [1.165, 1.54) is 46.8 Å². The lowest BCUT2D eigenvalue weighted by Gasteiger charge is -2.08. The molecule has 2 rings (SSSR count). The summed E-state index contributed by atoms with van der Waals surface area (Å²) in [6.07, 6.45) is 7.80. The molecule has 2 aromatic carbocycles. The van der Waals surface area contributed by atoms with Gasteiger partial charge >= 0.3 is 15.6 Å². The fraction of sp³-hybridized carbons (Fsp3) is 0.429. The molecule has 9 heteroatoms. The third-order valence-electron chi connectivity index (χ3n) is 4.10. The minimum atomic E-state index is -5.84. The highest BCUT2D eigenvalue weighted by molar-refractivity contribution is 14.1. The van der Waals surface area contributed by atoms with E-state index in [1.54, 1.807) is 0 Å². The van der Waals surface area contributed by atoms with Crippen molar-refractivity contribution in [3.05, 3.63) is 52.1 Å². The molecular weight excluding hydrogens is 532 g/mol. The van der Waals surface area contributed by atoms with E-state index in [9.17, 15) is 13.2 Å². The Kier molecular flexibility index (Phi) is 11.7. The summed E-state index contributed by atoms with van der Waals surface area (Å²) in [5, 5.41) is 0. The number of ether oxygens (including phenoxy) is 1. The molecule has 0 bridgehead atoms. The molecule has 30 heavy (non-hydrogen) atoms. The van der Waals surface area contributed by atoms with Gasteiger partial charge in [0.1, 0.15) is 5.75 Å². The molecule has 0 atom stereocenters. The van der Waals surface area contributed by atoms with Crippen molar-refractivity contribution in [2.24, 2.45) is 0 Å². The average Bonchev–Trinajstić information content (AvgIpc) is 2.67. The molecule has 0 spiro atoms. The summed E-state index contributed by atoms with van der Waals surface area (Å²) in [4.78, 5) is 0. The minimum absolute atomic E-state index is 0.828. The zero-order chi connectivity index (χ0) is 22.6. The first-order valence-electron chi connectivity index (χ1n) is 9.57. The van der Waals surface area contributed by atoms with Gasteiger partial charge in [-0.25, -0.2) is 0 Å². The smallest absolute Gasteiger partial charge is 0.494 e. The second-order valence-corrected chi connectivity index (χ2v) is 9.12. The summed E-state index contributed by atoms with van der Waals surface area (Å²) in [6.45, 7) is 3.08. The number of rotatable bonds is 9. The van der Waals surface area contributed by atoms with Crippen molar-refractivity contribution in [2.45, 2.75) is 51.0 Å². The zero-order valence-corrected chi connectivity index (χ0v) is 19.6. The highest BCUT2D eigenvalue weighted by Crippen LogP contribution is 2.26. The van der Waals surface area contributed by atoms with Gasteiger partial charge in [-0.3, -0.25) is 4.55 Å². The molecule has 0 aliphatic rings. The van der Waals surface area contributed by atoms with Gasteiger partial charge in [0, 0.05) is 3.57 Å². The highest BCUT2D eigenvalue weighted by atomic mass is 127. The molecule has 0 unspecified atom stereocenters. The van der Waals surface area contributed by atoms with Crippen LogP contribution >= 0.6 is 22.6 Å². The monoisotopic (exact) mass is 558 g/mol. The van der Waals surface area contributed by atoms with Gasteiger partial charge in [0.15, 0.2) is 0 Å². The van der Waals surface area contributed by atoms with E-state index in [4.69, 9.17) is 17.7 Å². The second kappa shape index (κ2) is 13.2. The normalized spacial score (nSPS) is 11.5. The Morgan fingerprint density at radius 3 is 2.00 bits per heavy atom. The molecule has 2 aromatic rings. The molecule has 0 aliphatic heterocycles. The summed E-state index contributed by atoms with van der Waals surface area (Å²) < 4.78 is 64.7. The van der Waals surface area contributed by atoms with Crippen molar-refractivity contribution in [2.75, 3.05) is 6.61 Å². The first-order chi connectivity index (χ1) is 14.1. The lowest BCUT2D eigenvalue weighted by Crippen LogP contribution is -2.21. The van der Waals surface area contributed by atoms with Crippen LogP contribution in [0.2, 0.25) is 0 Å². The lowest BCUT2D eigenvalue weighted by atomic mass is 10.1. The van der Waals surface area contributed by atoms with Crippen LogP contribution in [0.3, 0.4) is 0 Å². The average molecular weight is 558 g/mol. The van der Waals surface area contributed by atoms with Gasteiger partial charge < -0.3 is 4.74 Å². The molecule has 1 N–H and O–H groups in total. The topological polar surface area (TPSA) is 63.6 Å². The van der Waals surface area contributed by atoms with Crippen LogP contribution in [0.1, 0.15) is 45.4 Å². The van der Waals surface area contributed by atoms with Crippen LogP contribution < -0.4 is 4.74 Å². The summed E-state index contributed by atoms with van der Waals surface area (Å²) in [7, 11) is -5.84. The predicted octanol–water partition coefficient (Wildman–Crippen LogP) is 7.09. The molecule has 0 fully saturated rings. The van der Waals surface area contributed by atoms with E-state index in [-0.39, 0.29) is 0 Å². The Labute approximate surface area is 189 Å². The largest absolute Gasteiger partial charge is 0.522 e. The quantitative estimate of drug-likeness (QED) is 0.155. The Bertz CT molecular complexity index is 853. The molecule has 0 saturated carbocycles. The van der Waals surface area contributed by atoms with E-state index >= 15 is 0 Å². The molecule has 4 nitrogen and oxygen atoms in total. The number of benzene rings is 2. The minimum Gasteiger partial charge on any atom is -0.494 e. The molecular formula is C21H26F3IO4S. The van der Waals surface area contributed by atoms with E-state index in [1.807, 2.05) is 0 Å². The molecule has 0 saturated heterocycles. The molecule has 0 aromatic heterocycles.